The van der Waals surface area contributed by atoms with Gasteiger partial charge in [-0.2, -0.15) is 0 Å². The van der Waals surface area contributed by atoms with Gasteiger partial charge in [-0.1, -0.05) is 20.3 Å². The van der Waals surface area contributed by atoms with Gasteiger partial charge in [0, 0.05) is 6.61 Å². The van der Waals surface area contributed by atoms with Crippen molar-refractivity contribution in [1.82, 2.24) is 0 Å². The summed E-state index contributed by atoms with van der Waals surface area (Å²) in [4.78, 5) is 0. The minimum atomic E-state index is 0.258. The number of hydrogen-bond acceptors (Lipinski definition) is 1. The van der Waals surface area contributed by atoms with Crippen molar-refractivity contribution in [2.75, 3.05) is 6.61 Å². The minimum Gasteiger partial charge on any atom is -0.396 e. The number of aliphatic hydroxyl groups excluding tert-OH is 1. The van der Waals surface area contributed by atoms with E-state index in [4.69, 9.17) is 5.11 Å². The van der Waals surface area contributed by atoms with Gasteiger partial charge in [-0.3, -0.25) is 0 Å². The van der Waals surface area contributed by atoms with Gasteiger partial charge in [0.2, 0.25) is 0 Å². The quantitative estimate of drug-likeness (QED) is 0.569. The zero-order valence-electron chi connectivity index (χ0n) is 5.07. The van der Waals surface area contributed by atoms with Crippen LogP contribution < -0.4 is 0 Å². The molecule has 0 atom stereocenters. The second-order valence-electron chi connectivity index (χ2n) is 1.87. The summed E-state index contributed by atoms with van der Waals surface area (Å²) in [5.74, 6) is 1.18. The Labute approximate surface area is 45.4 Å². The summed E-state index contributed by atoms with van der Waals surface area (Å²) >= 11 is 0. The van der Waals surface area contributed by atoms with Crippen molar-refractivity contribution >= 4 is 0 Å². The third-order valence-corrected chi connectivity index (χ3v) is 0.947. The van der Waals surface area contributed by atoms with Gasteiger partial charge >= 0.3 is 0 Å². The monoisotopic (exact) mass is 101 g/mol. The molecule has 0 spiro atoms. The van der Waals surface area contributed by atoms with Gasteiger partial charge in [0.1, 0.15) is 0 Å². The zero-order chi connectivity index (χ0) is 5.70. The first kappa shape index (κ1) is 6.96. The van der Waals surface area contributed by atoms with Gasteiger partial charge in [0.15, 0.2) is 0 Å². The van der Waals surface area contributed by atoms with Crippen LogP contribution in [0.3, 0.4) is 0 Å². The largest absolute Gasteiger partial charge is 0.396 e. The van der Waals surface area contributed by atoms with E-state index in [1.54, 1.807) is 0 Å². The van der Waals surface area contributed by atoms with Crippen LogP contribution in [0, 0.1) is 5.92 Å². The first-order valence-electron chi connectivity index (χ1n) is 2.73. The second-order valence-corrected chi connectivity index (χ2v) is 1.87. The van der Waals surface area contributed by atoms with Gasteiger partial charge in [-0.05, 0) is 12.3 Å². The maximum absolute atomic E-state index is 8.43. The van der Waals surface area contributed by atoms with E-state index in [2.05, 4.69) is 6.92 Å². The average molecular weight is 101 g/mol. The molecule has 0 fully saturated rings. The fourth-order valence-electron chi connectivity index (χ4n) is 0.506. The van der Waals surface area contributed by atoms with Crippen molar-refractivity contribution in [2.24, 2.45) is 0 Å². The summed E-state index contributed by atoms with van der Waals surface area (Å²) in [6, 6.07) is 0. The molecule has 0 aliphatic rings. The highest BCUT2D eigenvalue weighted by atomic mass is 16.3. The average Bonchev–Trinajstić information content (AvgIpc) is 1.68. The van der Waals surface area contributed by atoms with E-state index >= 15 is 0 Å². The minimum absolute atomic E-state index is 0.258. The Balaban J connectivity index is 2.83. The first-order valence-corrected chi connectivity index (χ1v) is 2.73. The molecule has 43 valence electrons. The lowest BCUT2D eigenvalue weighted by atomic mass is 10.1. The van der Waals surface area contributed by atoms with Crippen LogP contribution >= 0.6 is 0 Å². The second kappa shape index (κ2) is 4.13. The highest BCUT2D eigenvalue weighted by Gasteiger charge is 1.94. The molecule has 1 heteroatoms. The highest BCUT2D eigenvalue weighted by Crippen LogP contribution is 2.04. The molecule has 0 amide bonds. The topological polar surface area (TPSA) is 20.2 Å². The molecular weight excluding hydrogens is 88.1 g/mol. The van der Waals surface area contributed by atoms with Crippen LogP contribution in [0.5, 0.6) is 0 Å². The Hall–Kier alpha value is -0.0400. The summed E-state index contributed by atoms with van der Waals surface area (Å²) in [5.41, 5.74) is 0. The number of hydrogen-bond donors (Lipinski definition) is 1. The van der Waals surface area contributed by atoms with Crippen LogP contribution in [0.1, 0.15) is 26.7 Å². The molecule has 1 nitrogen and oxygen atoms in total. The van der Waals surface area contributed by atoms with E-state index in [1.807, 2.05) is 6.92 Å². The lowest BCUT2D eigenvalue weighted by Crippen LogP contribution is -1.95. The van der Waals surface area contributed by atoms with Gasteiger partial charge in [0.25, 0.3) is 0 Å². The van der Waals surface area contributed by atoms with E-state index in [9.17, 15) is 0 Å². The lowest BCUT2D eigenvalue weighted by molar-refractivity contribution is 0.302. The van der Waals surface area contributed by atoms with Crippen molar-refractivity contribution in [2.45, 2.75) is 26.7 Å². The van der Waals surface area contributed by atoms with E-state index in [0.29, 0.717) is 0 Å². The fourth-order valence-corrected chi connectivity index (χ4v) is 0.506. The molecule has 0 rings (SSSR count). The summed E-state index contributed by atoms with van der Waals surface area (Å²) < 4.78 is 0. The third-order valence-electron chi connectivity index (χ3n) is 0.947. The van der Waals surface area contributed by atoms with E-state index < -0.39 is 0 Å². The Morgan fingerprint density at radius 3 is 2.29 bits per heavy atom. The SMILES string of the molecule is CCC[C](C)CO. The van der Waals surface area contributed by atoms with E-state index in [1.165, 1.54) is 5.92 Å². The summed E-state index contributed by atoms with van der Waals surface area (Å²) in [6.07, 6.45) is 2.21. The van der Waals surface area contributed by atoms with Crippen molar-refractivity contribution < 1.29 is 5.11 Å². The molecule has 1 radical (unpaired) electrons. The summed E-state index contributed by atoms with van der Waals surface area (Å²) in [7, 11) is 0. The molecule has 0 aromatic carbocycles. The Kier molecular flexibility index (Phi) is 4.10. The lowest BCUT2D eigenvalue weighted by Gasteiger charge is -2.00. The van der Waals surface area contributed by atoms with Crippen LogP contribution in [0.4, 0.5) is 0 Å². The molecule has 1 N–H and O–H groups in total. The van der Waals surface area contributed by atoms with Gasteiger partial charge in [0.05, 0.1) is 0 Å². The van der Waals surface area contributed by atoms with Crippen LogP contribution in [-0.4, -0.2) is 11.7 Å². The molecule has 7 heavy (non-hydrogen) atoms. The van der Waals surface area contributed by atoms with Crippen molar-refractivity contribution in [1.29, 1.82) is 0 Å². The molecule has 0 aliphatic carbocycles. The molecular formula is C6H13O. The maximum Gasteiger partial charge on any atom is 0.0490 e. The maximum atomic E-state index is 8.43. The third kappa shape index (κ3) is 3.80. The summed E-state index contributed by atoms with van der Waals surface area (Å²) in [5, 5.41) is 8.43. The zero-order valence-corrected chi connectivity index (χ0v) is 5.07. The first-order chi connectivity index (χ1) is 3.31. The van der Waals surface area contributed by atoms with Crippen LogP contribution in [0.2, 0.25) is 0 Å². The van der Waals surface area contributed by atoms with Gasteiger partial charge in [-0.25, -0.2) is 0 Å². The van der Waals surface area contributed by atoms with Crippen molar-refractivity contribution in [3.05, 3.63) is 5.92 Å². The predicted molar refractivity (Wildman–Crippen MR) is 30.9 cm³/mol. The standard InChI is InChI=1S/C6H13O/c1-3-4-6(2)5-7/h7H,3-5H2,1-2H3. The number of aliphatic hydroxyl groups is 1. The predicted octanol–water partition coefficient (Wildman–Crippen LogP) is 1.37. The highest BCUT2D eigenvalue weighted by molar-refractivity contribution is 4.80. The normalized spacial score (nSPS) is 10.3. The van der Waals surface area contributed by atoms with Crippen LogP contribution in [0.15, 0.2) is 0 Å². The van der Waals surface area contributed by atoms with Crippen LogP contribution in [-0.2, 0) is 0 Å². The van der Waals surface area contributed by atoms with Crippen molar-refractivity contribution in [3.8, 4) is 0 Å². The smallest absolute Gasteiger partial charge is 0.0490 e. The molecule has 0 heterocycles. The van der Waals surface area contributed by atoms with Crippen LogP contribution in [0.25, 0.3) is 0 Å². The Bertz CT molecular complexity index is 35.2. The Morgan fingerprint density at radius 1 is 1.57 bits per heavy atom. The Morgan fingerprint density at radius 2 is 2.14 bits per heavy atom. The molecule has 0 aromatic rings. The number of rotatable bonds is 3. The van der Waals surface area contributed by atoms with Gasteiger partial charge in [-0.15, -0.1) is 0 Å². The van der Waals surface area contributed by atoms with E-state index in [-0.39, 0.29) is 6.61 Å². The summed E-state index contributed by atoms with van der Waals surface area (Å²) in [6.45, 7) is 4.34. The molecule has 0 saturated heterocycles. The molecule has 0 saturated carbocycles. The fraction of sp³-hybridized carbons (Fsp3) is 0.833. The molecule has 0 aliphatic heterocycles. The molecule has 0 bridgehead atoms. The molecule has 0 aromatic heterocycles. The van der Waals surface area contributed by atoms with E-state index in [0.717, 1.165) is 12.8 Å². The molecule has 0 unspecified atom stereocenters. The van der Waals surface area contributed by atoms with Crippen molar-refractivity contribution in [3.63, 3.8) is 0 Å². The van der Waals surface area contributed by atoms with Gasteiger partial charge < -0.3 is 5.11 Å².